The van der Waals surface area contributed by atoms with Gasteiger partial charge in [0.1, 0.15) is 5.82 Å². The largest absolute Gasteiger partial charge is 0.355 e. The molecular formula is C13H15BrFNO. The number of hydrogen-bond acceptors (Lipinski definition) is 1. The van der Waals surface area contributed by atoms with E-state index in [9.17, 15) is 9.18 Å². The van der Waals surface area contributed by atoms with Crippen LogP contribution in [0.4, 0.5) is 4.39 Å². The summed E-state index contributed by atoms with van der Waals surface area (Å²) in [6.45, 7) is 0.715. The molecule has 2 rings (SSSR count). The maximum Gasteiger partial charge on any atom is 0.224 e. The summed E-state index contributed by atoms with van der Waals surface area (Å²) < 4.78 is 12.9. The predicted molar refractivity (Wildman–Crippen MR) is 68.6 cm³/mol. The number of benzene rings is 1. The van der Waals surface area contributed by atoms with Crippen molar-refractivity contribution < 1.29 is 9.18 Å². The van der Waals surface area contributed by atoms with Crippen LogP contribution in [0.5, 0.6) is 0 Å². The standard InChI is InChI=1S/C13H15BrFNO/c14-8-13(4-5-13)9-16-12(17)7-10-2-1-3-11(15)6-10/h1-3,6H,4-5,7-9H2,(H,16,17). The third kappa shape index (κ3) is 3.53. The van der Waals surface area contributed by atoms with E-state index in [1.54, 1.807) is 12.1 Å². The third-order valence-corrected chi connectivity index (χ3v) is 4.34. The van der Waals surface area contributed by atoms with Crippen molar-refractivity contribution in [1.29, 1.82) is 0 Å². The van der Waals surface area contributed by atoms with Crippen LogP contribution in [0.25, 0.3) is 0 Å². The molecule has 0 saturated heterocycles. The first-order valence-corrected chi connectivity index (χ1v) is 6.83. The Morgan fingerprint density at radius 1 is 1.47 bits per heavy atom. The van der Waals surface area contributed by atoms with E-state index >= 15 is 0 Å². The van der Waals surface area contributed by atoms with Crippen LogP contribution in [0.15, 0.2) is 24.3 Å². The van der Waals surface area contributed by atoms with Crippen molar-refractivity contribution in [2.75, 3.05) is 11.9 Å². The number of rotatable bonds is 5. The zero-order chi connectivity index (χ0) is 12.3. The fourth-order valence-corrected chi connectivity index (χ4v) is 2.47. The average molecular weight is 300 g/mol. The van der Waals surface area contributed by atoms with Crippen molar-refractivity contribution >= 4 is 21.8 Å². The second kappa shape index (κ2) is 5.17. The summed E-state index contributed by atoms with van der Waals surface area (Å²) in [5.41, 5.74) is 0.989. The second-order valence-electron chi connectivity index (χ2n) is 4.72. The Hall–Kier alpha value is -0.900. The summed E-state index contributed by atoms with van der Waals surface area (Å²) in [7, 11) is 0. The Kier molecular flexibility index (Phi) is 3.82. The normalized spacial score (nSPS) is 16.6. The summed E-state index contributed by atoms with van der Waals surface area (Å²) in [6, 6.07) is 6.17. The Morgan fingerprint density at radius 2 is 2.24 bits per heavy atom. The smallest absolute Gasteiger partial charge is 0.224 e. The van der Waals surface area contributed by atoms with Crippen molar-refractivity contribution in [3.05, 3.63) is 35.6 Å². The lowest BCUT2D eigenvalue weighted by molar-refractivity contribution is -0.120. The van der Waals surface area contributed by atoms with Crippen molar-refractivity contribution in [1.82, 2.24) is 5.32 Å². The number of halogens is 2. The van der Waals surface area contributed by atoms with E-state index in [4.69, 9.17) is 0 Å². The zero-order valence-electron chi connectivity index (χ0n) is 9.51. The zero-order valence-corrected chi connectivity index (χ0v) is 11.1. The molecule has 1 aromatic rings. The van der Waals surface area contributed by atoms with E-state index in [0.29, 0.717) is 12.1 Å². The molecule has 4 heteroatoms. The van der Waals surface area contributed by atoms with Gasteiger partial charge in [0, 0.05) is 11.9 Å². The van der Waals surface area contributed by atoms with Gasteiger partial charge in [-0.1, -0.05) is 28.1 Å². The number of carbonyl (C=O) groups excluding carboxylic acids is 1. The first-order chi connectivity index (χ1) is 8.13. The average Bonchev–Trinajstić information content (AvgIpc) is 3.07. The fourth-order valence-electron chi connectivity index (χ4n) is 1.72. The van der Waals surface area contributed by atoms with Gasteiger partial charge in [-0.25, -0.2) is 4.39 Å². The van der Waals surface area contributed by atoms with Gasteiger partial charge in [0.25, 0.3) is 0 Å². The van der Waals surface area contributed by atoms with Crippen LogP contribution in [0.1, 0.15) is 18.4 Å². The summed E-state index contributed by atoms with van der Waals surface area (Å²) >= 11 is 3.46. The van der Waals surface area contributed by atoms with E-state index in [-0.39, 0.29) is 23.6 Å². The molecule has 1 saturated carbocycles. The van der Waals surface area contributed by atoms with Crippen LogP contribution >= 0.6 is 15.9 Å². The molecule has 1 aliphatic rings. The first-order valence-electron chi connectivity index (χ1n) is 5.71. The van der Waals surface area contributed by atoms with E-state index in [1.165, 1.54) is 25.0 Å². The summed E-state index contributed by atoms with van der Waals surface area (Å²) in [4.78, 5) is 11.7. The Balaban J connectivity index is 1.81. The van der Waals surface area contributed by atoms with Crippen LogP contribution in [-0.2, 0) is 11.2 Å². The maximum absolute atomic E-state index is 12.9. The van der Waals surface area contributed by atoms with E-state index in [1.807, 2.05) is 0 Å². The van der Waals surface area contributed by atoms with Gasteiger partial charge in [-0.05, 0) is 36.0 Å². The number of carbonyl (C=O) groups is 1. The van der Waals surface area contributed by atoms with Gasteiger partial charge in [0.15, 0.2) is 0 Å². The molecule has 0 aromatic heterocycles. The van der Waals surface area contributed by atoms with Crippen LogP contribution in [0.3, 0.4) is 0 Å². The number of hydrogen-bond donors (Lipinski definition) is 1. The molecule has 1 amide bonds. The third-order valence-electron chi connectivity index (χ3n) is 3.15. The monoisotopic (exact) mass is 299 g/mol. The molecule has 0 spiro atoms. The van der Waals surface area contributed by atoms with Crippen LogP contribution in [0, 0.1) is 11.2 Å². The first kappa shape index (κ1) is 12.6. The van der Waals surface area contributed by atoms with Gasteiger partial charge < -0.3 is 5.32 Å². The highest BCUT2D eigenvalue weighted by molar-refractivity contribution is 9.09. The molecular weight excluding hydrogens is 285 g/mol. The molecule has 2 nitrogen and oxygen atoms in total. The highest BCUT2D eigenvalue weighted by atomic mass is 79.9. The fraction of sp³-hybridized carbons (Fsp3) is 0.462. The lowest BCUT2D eigenvalue weighted by Crippen LogP contribution is -2.32. The summed E-state index contributed by atoms with van der Waals surface area (Å²) in [5, 5.41) is 3.84. The van der Waals surface area contributed by atoms with Gasteiger partial charge in [0.05, 0.1) is 6.42 Å². The Bertz CT molecular complexity index is 418. The molecule has 1 N–H and O–H groups in total. The number of alkyl halides is 1. The quantitative estimate of drug-likeness (QED) is 0.832. The second-order valence-corrected chi connectivity index (χ2v) is 5.28. The van der Waals surface area contributed by atoms with Gasteiger partial charge >= 0.3 is 0 Å². The SMILES string of the molecule is O=C(Cc1cccc(F)c1)NCC1(CBr)CC1. The molecule has 0 aliphatic heterocycles. The highest BCUT2D eigenvalue weighted by Crippen LogP contribution is 2.46. The number of nitrogens with one attached hydrogen (secondary N) is 1. The van der Waals surface area contributed by atoms with E-state index < -0.39 is 0 Å². The summed E-state index contributed by atoms with van der Waals surface area (Å²) in [5.74, 6) is -0.336. The summed E-state index contributed by atoms with van der Waals surface area (Å²) in [6.07, 6.45) is 2.58. The van der Waals surface area contributed by atoms with Gasteiger partial charge in [-0.3, -0.25) is 4.79 Å². The van der Waals surface area contributed by atoms with Gasteiger partial charge in [-0.15, -0.1) is 0 Å². The maximum atomic E-state index is 12.9. The van der Waals surface area contributed by atoms with Gasteiger partial charge in [-0.2, -0.15) is 0 Å². The van der Waals surface area contributed by atoms with Gasteiger partial charge in [0.2, 0.25) is 5.91 Å². The Labute approximate surface area is 109 Å². The minimum Gasteiger partial charge on any atom is -0.355 e. The molecule has 0 radical (unpaired) electrons. The minimum absolute atomic E-state index is 0.0391. The molecule has 17 heavy (non-hydrogen) atoms. The van der Waals surface area contributed by atoms with Crippen molar-refractivity contribution in [2.45, 2.75) is 19.3 Å². The van der Waals surface area contributed by atoms with E-state index in [0.717, 1.165) is 5.33 Å². The molecule has 0 bridgehead atoms. The van der Waals surface area contributed by atoms with E-state index in [2.05, 4.69) is 21.2 Å². The molecule has 92 valence electrons. The van der Waals surface area contributed by atoms with Crippen LogP contribution in [0.2, 0.25) is 0 Å². The van der Waals surface area contributed by atoms with Crippen molar-refractivity contribution in [3.8, 4) is 0 Å². The lowest BCUT2D eigenvalue weighted by atomic mass is 10.1. The molecule has 1 fully saturated rings. The Morgan fingerprint density at radius 3 is 2.82 bits per heavy atom. The topological polar surface area (TPSA) is 29.1 Å². The molecule has 0 heterocycles. The minimum atomic E-state index is -0.297. The number of amides is 1. The molecule has 0 atom stereocenters. The lowest BCUT2D eigenvalue weighted by Gasteiger charge is -2.12. The molecule has 1 aliphatic carbocycles. The van der Waals surface area contributed by atoms with Crippen LogP contribution < -0.4 is 5.32 Å². The van der Waals surface area contributed by atoms with Crippen molar-refractivity contribution in [3.63, 3.8) is 0 Å². The van der Waals surface area contributed by atoms with Crippen LogP contribution in [-0.4, -0.2) is 17.8 Å². The highest BCUT2D eigenvalue weighted by Gasteiger charge is 2.41. The van der Waals surface area contributed by atoms with Crippen molar-refractivity contribution in [2.24, 2.45) is 5.41 Å². The predicted octanol–water partition coefficient (Wildman–Crippen LogP) is 2.66. The molecule has 0 unspecified atom stereocenters. The molecule has 1 aromatic carbocycles.